The monoisotopic (exact) mass is 445 g/mol. The van der Waals surface area contributed by atoms with Gasteiger partial charge in [0.15, 0.2) is 0 Å². The van der Waals surface area contributed by atoms with Crippen molar-refractivity contribution in [1.29, 1.82) is 5.26 Å². The molecule has 0 radical (unpaired) electrons. The van der Waals surface area contributed by atoms with Gasteiger partial charge in [-0.2, -0.15) is 9.57 Å². The predicted octanol–water partition coefficient (Wildman–Crippen LogP) is 4.53. The van der Waals surface area contributed by atoms with Crippen molar-refractivity contribution >= 4 is 10.0 Å². The van der Waals surface area contributed by atoms with Gasteiger partial charge in [-0.1, -0.05) is 78.4 Å². The highest BCUT2D eigenvalue weighted by molar-refractivity contribution is 7.89. The number of rotatable bonds is 8. The second kappa shape index (κ2) is 8.87. The zero-order chi connectivity index (χ0) is 22.8. The zero-order valence-electron chi connectivity index (χ0n) is 18.3. The van der Waals surface area contributed by atoms with Crippen LogP contribution >= 0.6 is 0 Å². The first kappa shape index (κ1) is 22.2. The molecule has 164 valence electrons. The maximum absolute atomic E-state index is 13.6. The average molecular weight is 446 g/mol. The molecule has 0 aliphatic carbocycles. The van der Waals surface area contributed by atoms with Gasteiger partial charge in [-0.15, -0.1) is 0 Å². The molecule has 0 spiro atoms. The highest BCUT2D eigenvalue weighted by Crippen LogP contribution is 2.58. The van der Waals surface area contributed by atoms with Gasteiger partial charge in [0.05, 0.1) is 17.0 Å². The molecule has 1 aliphatic rings. The molecule has 3 atom stereocenters. The van der Waals surface area contributed by atoms with Gasteiger partial charge in [0.2, 0.25) is 10.0 Å². The lowest BCUT2D eigenvalue weighted by atomic mass is 9.97. The standard InChI is InChI=1S/C26H27N3O2S/c1-21-13-15-24(16-14-21)32(30,31)29-25(23-11-7-4-8-12-23)26(29,20-27)17-18-28(2)19-22-9-5-3-6-10-22/h3-16,25H,17-19H2,1-2H3/t25-,26-,29?/m1/s1. The van der Waals surface area contributed by atoms with Crippen LogP contribution in [0, 0.1) is 18.3 Å². The average Bonchev–Trinajstić information content (AvgIpc) is 3.50. The topological polar surface area (TPSA) is 64.2 Å². The Morgan fingerprint density at radius 3 is 2.16 bits per heavy atom. The first-order valence-electron chi connectivity index (χ1n) is 10.7. The molecule has 4 rings (SSSR count). The summed E-state index contributed by atoms with van der Waals surface area (Å²) < 4.78 is 28.5. The molecule has 1 saturated heterocycles. The fraction of sp³-hybridized carbons (Fsp3) is 0.269. The van der Waals surface area contributed by atoms with E-state index in [4.69, 9.17) is 0 Å². The van der Waals surface area contributed by atoms with Crippen molar-refractivity contribution in [3.05, 3.63) is 102 Å². The van der Waals surface area contributed by atoms with Gasteiger partial charge in [0.25, 0.3) is 0 Å². The highest BCUT2D eigenvalue weighted by Gasteiger charge is 2.69. The van der Waals surface area contributed by atoms with Crippen LogP contribution < -0.4 is 0 Å². The number of aryl methyl sites for hydroxylation is 1. The van der Waals surface area contributed by atoms with Crippen LogP contribution in [0.3, 0.4) is 0 Å². The van der Waals surface area contributed by atoms with E-state index >= 15 is 0 Å². The second-order valence-corrected chi connectivity index (χ2v) is 10.3. The fourth-order valence-electron chi connectivity index (χ4n) is 4.28. The number of benzene rings is 3. The van der Waals surface area contributed by atoms with E-state index in [-0.39, 0.29) is 4.90 Å². The van der Waals surface area contributed by atoms with Crippen LogP contribution in [0.1, 0.15) is 29.2 Å². The molecular formula is C26H27N3O2S. The molecule has 5 nitrogen and oxygen atoms in total. The summed E-state index contributed by atoms with van der Waals surface area (Å²) in [6.07, 6.45) is 0.428. The Balaban J connectivity index is 1.62. The predicted molar refractivity (Wildman–Crippen MR) is 125 cm³/mol. The lowest BCUT2D eigenvalue weighted by Crippen LogP contribution is -2.28. The minimum Gasteiger partial charge on any atom is -0.302 e. The first-order valence-corrected chi connectivity index (χ1v) is 12.1. The Kier molecular flexibility index (Phi) is 6.16. The molecule has 0 N–H and O–H groups in total. The van der Waals surface area contributed by atoms with Crippen molar-refractivity contribution in [3.8, 4) is 6.07 Å². The van der Waals surface area contributed by atoms with Gasteiger partial charge < -0.3 is 4.90 Å². The van der Waals surface area contributed by atoms with Gasteiger partial charge in [-0.25, -0.2) is 8.42 Å². The van der Waals surface area contributed by atoms with Crippen LogP contribution in [0.2, 0.25) is 0 Å². The fourth-order valence-corrected chi connectivity index (χ4v) is 6.17. The normalized spacial score (nSPS) is 22.4. The Bertz CT molecular complexity index is 1210. The van der Waals surface area contributed by atoms with E-state index in [0.717, 1.165) is 17.7 Å². The Morgan fingerprint density at radius 2 is 1.56 bits per heavy atom. The number of nitriles is 1. The smallest absolute Gasteiger partial charge is 0.245 e. The summed E-state index contributed by atoms with van der Waals surface area (Å²) in [7, 11) is -1.82. The number of hydrogen-bond donors (Lipinski definition) is 0. The summed E-state index contributed by atoms with van der Waals surface area (Å²) in [4.78, 5) is 2.35. The summed E-state index contributed by atoms with van der Waals surface area (Å²) in [5.41, 5.74) is 1.91. The van der Waals surface area contributed by atoms with Crippen molar-refractivity contribution < 1.29 is 8.42 Å². The van der Waals surface area contributed by atoms with Gasteiger partial charge in [0, 0.05) is 13.1 Å². The molecule has 0 bridgehead atoms. The third-order valence-corrected chi connectivity index (χ3v) is 7.99. The lowest BCUT2D eigenvalue weighted by molar-refractivity contribution is 0.308. The maximum Gasteiger partial charge on any atom is 0.245 e. The molecule has 3 aromatic carbocycles. The second-order valence-electron chi connectivity index (χ2n) is 8.44. The summed E-state index contributed by atoms with van der Waals surface area (Å²) in [6, 6.07) is 28.3. The molecular weight excluding hydrogens is 418 g/mol. The van der Waals surface area contributed by atoms with Crippen molar-refractivity contribution in [2.24, 2.45) is 0 Å². The number of hydrogen-bond acceptors (Lipinski definition) is 4. The van der Waals surface area contributed by atoms with E-state index in [1.165, 1.54) is 9.87 Å². The molecule has 0 aromatic heterocycles. The molecule has 0 amide bonds. The third kappa shape index (κ3) is 4.20. The van der Waals surface area contributed by atoms with Crippen molar-refractivity contribution in [2.75, 3.05) is 13.6 Å². The molecule has 3 aromatic rings. The first-order chi connectivity index (χ1) is 15.4. The van der Waals surface area contributed by atoms with E-state index in [0.29, 0.717) is 13.0 Å². The molecule has 1 aliphatic heterocycles. The summed E-state index contributed by atoms with van der Waals surface area (Å²) in [5, 5.41) is 10.2. The third-order valence-electron chi connectivity index (χ3n) is 6.07. The molecule has 0 saturated carbocycles. The zero-order valence-corrected chi connectivity index (χ0v) is 19.2. The quantitative estimate of drug-likeness (QED) is 0.478. The van der Waals surface area contributed by atoms with Crippen molar-refractivity contribution in [2.45, 2.75) is 36.4 Å². The van der Waals surface area contributed by atoms with Crippen molar-refractivity contribution in [3.63, 3.8) is 0 Å². The molecule has 6 heteroatoms. The Hall–Kier alpha value is -2.98. The SMILES string of the molecule is Cc1ccc(S(=O)(=O)N2[C@H](c3ccccc3)[C@]2(C#N)CCN(C)Cc2ccccc2)cc1. The van der Waals surface area contributed by atoms with Gasteiger partial charge in [0.1, 0.15) is 5.54 Å². The van der Waals surface area contributed by atoms with Gasteiger partial charge >= 0.3 is 0 Å². The number of nitrogens with zero attached hydrogens (tertiary/aromatic N) is 3. The molecule has 32 heavy (non-hydrogen) atoms. The van der Waals surface area contributed by atoms with Crippen LogP contribution in [0.25, 0.3) is 0 Å². The van der Waals surface area contributed by atoms with E-state index in [2.05, 4.69) is 23.1 Å². The minimum atomic E-state index is -3.81. The van der Waals surface area contributed by atoms with E-state index < -0.39 is 21.6 Å². The summed E-state index contributed by atoms with van der Waals surface area (Å²) >= 11 is 0. The number of sulfonamides is 1. The van der Waals surface area contributed by atoms with E-state index in [9.17, 15) is 13.7 Å². The van der Waals surface area contributed by atoms with Crippen LogP contribution in [0.5, 0.6) is 0 Å². The Morgan fingerprint density at radius 1 is 0.969 bits per heavy atom. The van der Waals surface area contributed by atoms with E-state index in [1.807, 2.05) is 62.5 Å². The summed E-state index contributed by atoms with van der Waals surface area (Å²) in [6.45, 7) is 3.26. The maximum atomic E-state index is 13.6. The van der Waals surface area contributed by atoms with Gasteiger partial charge in [-0.05, 0) is 43.7 Å². The highest BCUT2D eigenvalue weighted by atomic mass is 32.2. The largest absolute Gasteiger partial charge is 0.302 e. The lowest BCUT2D eigenvalue weighted by Gasteiger charge is -2.19. The van der Waals surface area contributed by atoms with Crippen LogP contribution in [0.4, 0.5) is 0 Å². The van der Waals surface area contributed by atoms with Crippen LogP contribution in [-0.4, -0.2) is 36.8 Å². The van der Waals surface area contributed by atoms with Crippen molar-refractivity contribution in [1.82, 2.24) is 9.21 Å². The molecule has 1 heterocycles. The minimum absolute atomic E-state index is 0.221. The summed E-state index contributed by atoms with van der Waals surface area (Å²) in [5.74, 6) is 0. The molecule has 1 unspecified atom stereocenters. The van der Waals surface area contributed by atoms with Crippen LogP contribution in [0.15, 0.2) is 89.8 Å². The Labute approximate surface area is 190 Å². The van der Waals surface area contributed by atoms with E-state index in [1.54, 1.807) is 24.3 Å². The van der Waals surface area contributed by atoms with Gasteiger partial charge in [-0.3, -0.25) is 0 Å². The van der Waals surface area contributed by atoms with Crippen LogP contribution in [-0.2, 0) is 16.6 Å². The molecule has 1 fully saturated rings.